The third kappa shape index (κ3) is 3.13. The number of hydroxylamine groups is 2. The van der Waals surface area contributed by atoms with Crippen molar-refractivity contribution in [2.45, 2.75) is 20.0 Å². The standard InChI is InChI=1S/C18H16ClNO4/c1-2-9-23-16-8-7-12(10-15(16)19)11-24-20-17(21)13-5-3-4-6-14(13)18(20)22/h3-8,10H,2,9,11H2,1H3. The first kappa shape index (κ1) is 16.5. The number of halogens is 1. The van der Waals surface area contributed by atoms with E-state index in [4.69, 9.17) is 21.2 Å². The highest BCUT2D eigenvalue weighted by molar-refractivity contribution is 6.32. The maximum atomic E-state index is 12.2. The van der Waals surface area contributed by atoms with Crippen LogP contribution in [0.2, 0.25) is 5.02 Å². The van der Waals surface area contributed by atoms with Gasteiger partial charge in [0.25, 0.3) is 11.8 Å². The van der Waals surface area contributed by atoms with Crippen molar-refractivity contribution in [3.05, 3.63) is 64.2 Å². The zero-order valence-electron chi connectivity index (χ0n) is 13.1. The van der Waals surface area contributed by atoms with Crippen molar-refractivity contribution in [1.29, 1.82) is 0 Å². The summed E-state index contributed by atoms with van der Waals surface area (Å²) in [7, 11) is 0. The monoisotopic (exact) mass is 345 g/mol. The minimum absolute atomic E-state index is 0.0548. The molecule has 0 spiro atoms. The van der Waals surface area contributed by atoms with Crippen LogP contribution in [-0.4, -0.2) is 23.5 Å². The molecule has 0 unspecified atom stereocenters. The number of hydrogen-bond donors (Lipinski definition) is 0. The van der Waals surface area contributed by atoms with E-state index in [-0.39, 0.29) is 6.61 Å². The van der Waals surface area contributed by atoms with Gasteiger partial charge in [0.1, 0.15) is 12.4 Å². The highest BCUT2D eigenvalue weighted by atomic mass is 35.5. The smallest absolute Gasteiger partial charge is 0.285 e. The number of rotatable bonds is 6. The summed E-state index contributed by atoms with van der Waals surface area (Å²) >= 11 is 6.16. The van der Waals surface area contributed by atoms with Crippen molar-refractivity contribution in [3.8, 4) is 5.75 Å². The molecular formula is C18H16ClNO4. The quantitative estimate of drug-likeness (QED) is 0.746. The van der Waals surface area contributed by atoms with Gasteiger partial charge in [0.05, 0.1) is 22.8 Å². The first-order valence-electron chi connectivity index (χ1n) is 7.63. The zero-order chi connectivity index (χ0) is 17.1. The van der Waals surface area contributed by atoms with Gasteiger partial charge in [-0.05, 0) is 36.2 Å². The molecule has 0 saturated carbocycles. The van der Waals surface area contributed by atoms with Crippen molar-refractivity contribution < 1.29 is 19.2 Å². The molecule has 5 nitrogen and oxygen atoms in total. The van der Waals surface area contributed by atoms with E-state index >= 15 is 0 Å². The number of imide groups is 1. The number of ether oxygens (including phenoxy) is 1. The lowest BCUT2D eigenvalue weighted by molar-refractivity contribution is -0.101. The maximum Gasteiger partial charge on any atom is 0.285 e. The normalized spacial score (nSPS) is 13.3. The second-order valence-corrected chi connectivity index (χ2v) is 5.74. The van der Waals surface area contributed by atoms with E-state index in [2.05, 4.69) is 0 Å². The Bertz CT molecular complexity index is 755. The van der Waals surface area contributed by atoms with Crippen LogP contribution in [0.1, 0.15) is 39.6 Å². The Balaban J connectivity index is 1.68. The molecule has 2 aromatic rings. The minimum atomic E-state index is -0.454. The molecule has 24 heavy (non-hydrogen) atoms. The second-order valence-electron chi connectivity index (χ2n) is 5.34. The molecule has 2 amide bonds. The summed E-state index contributed by atoms with van der Waals surface area (Å²) < 4.78 is 5.50. The van der Waals surface area contributed by atoms with Crippen LogP contribution in [0.4, 0.5) is 0 Å². The predicted octanol–water partition coefficient (Wildman–Crippen LogP) is 3.86. The lowest BCUT2D eigenvalue weighted by Crippen LogP contribution is -2.29. The molecule has 0 N–H and O–H groups in total. The summed E-state index contributed by atoms with van der Waals surface area (Å²) in [5.74, 6) is -0.308. The molecular weight excluding hydrogens is 330 g/mol. The molecule has 0 fully saturated rings. The van der Waals surface area contributed by atoms with E-state index in [9.17, 15) is 9.59 Å². The van der Waals surface area contributed by atoms with Crippen molar-refractivity contribution in [2.24, 2.45) is 0 Å². The second kappa shape index (κ2) is 7.03. The molecule has 1 aliphatic rings. The summed E-state index contributed by atoms with van der Waals surface area (Å²) in [6.45, 7) is 2.65. The fourth-order valence-electron chi connectivity index (χ4n) is 2.39. The molecule has 1 aliphatic heterocycles. The number of nitrogens with zero attached hydrogens (tertiary/aromatic N) is 1. The van der Waals surface area contributed by atoms with Gasteiger partial charge in [-0.2, -0.15) is 0 Å². The molecule has 124 valence electrons. The number of fused-ring (bicyclic) bond motifs is 1. The van der Waals surface area contributed by atoms with E-state index in [0.717, 1.165) is 17.0 Å². The van der Waals surface area contributed by atoms with Gasteiger partial charge in [-0.15, -0.1) is 5.06 Å². The van der Waals surface area contributed by atoms with Gasteiger partial charge in [-0.1, -0.05) is 36.7 Å². The number of amides is 2. The van der Waals surface area contributed by atoms with Crippen molar-refractivity contribution in [3.63, 3.8) is 0 Å². The van der Waals surface area contributed by atoms with Crippen LogP contribution in [0.3, 0.4) is 0 Å². The average Bonchev–Trinajstić information content (AvgIpc) is 2.84. The largest absolute Gasteiger partial charge is 0.492 e. The number of carbonyl (C=O) groups excluding carboxylic acids is 2. The highest BCUT2D eigenvalue weighted by Gasteiger charge is 2.36. The van der Waals surface area contributed by atoms with Gasteiger partial charge in [0.15, 0.2) is 0 Å². The van der Waals surface area contributed by atoms with E-state index in [1.807, 2.05) is 6.92 Å². The van der Waals surface area contributed by atoms with E-state index in [1.54, 1.807) is 42.5 Å². The zero-order valence-corrected chi connectivity index (χ0v) is 13.9. The summed E-state index contributed by atoms with van der Waals surface area (Å²) in [6, 6.07) is 11.9. The van der Waals surface area contributed by atoms with Crippen LogP contribution in [0.15, 0.2) is 42.5 Å². The molecule has 0 radical (unpaired) electrons. The molecule has 0 bridgehead atoms. The highest BCUT2D eigenvalue weighted by Crippen LogP contribution is 2.27. The van der Waals surface area contributed by atoms with Crippen LogP contribution in [0.25, 0.3) is 0 Å². The van der Waals surface area contributed by atoms with Crippen molar-refractivity contribution in [1.82, 2.24) is 5.06 Å². The molecule has 0 aliphatic carbocycles. The third-order valence-electron chi connectivity index (χ3n) is 3.58. The molecule has 6 heteroatoms. The van der Waals surface area contributed by atoms with Crippen LogP contribution in [0.5, 0.6) is 5.75 Å². The Morgan fingerprint density at radius 3 is 2.29 bits per heavy atom. The third-order valence-corrected chi connectivity index (χ3v) is 3.87. The van der Waals surface area contributed by atoms with Gasteiger partial charge in [-0.25, -0.2) is 0 Å². The average molecular weight is 346 g/mol. The molecule has 2 aromatic carbocycles. The van der Waals surface area contributed by atoms with Gasteiger partial charge >= 0.3 is 0 Å². The molecule has 0 saturated heterocycles. The van der Waals surface area contributed by atoms with Gasteiger partial charge in [-0.3, -0.25) is 14.4 Å². The van der Waals surface area contributed by atoms with E-state index in [1.165, 1.54) is 0 Å². The van der Waals surface area contributed by atoms with Crippen molar-refractivity contribution in [2.75, 3.05) is 6.61 Å². The topological polar surface area (TPSA) is 55.8 Å². The molecule has 0 atom stereocenters. The Morgan fingerprint density at radius 1 is 1.04 bits per heavy atom. The first-order valence-corrected chi connectivity index (χ1v) is 8.01. The fraction of sp³-hybridized carbons (Fsp3) is 0.222. The summed E-state index contributed by atoms with van der Waals surface area (Å²) in [5, 5.41) is 1.26. The molecule has 0 aromatic heterocycles. The van der Waals surface area contributed by atoms with Crippen LogP contribution >= 0.6 is 11.6 Å². The fourth-order valence-corrected chi connectivity index (χ4v) is 2.64. The summed E-state index contributed by atoms with van der Waals surface area (Å²) in [4.78, 5) is 29.8. The van der Waals surface area contributed by atoms with Crippen LogP contribution in [0, 0.1) is 0 Å². The Hall–Kier alpha value is -2.37. The number of hydrogen-bond acceptors (Lipinski definition) is 4. The van der Waals surface area contributed by atoms with Crippen LogP contribution < -0.4 is 4.74 Å². The van der Waals surface area contributed by atoms with E-state index < -0.39 is 11.8 Å². The summed E-state index contributed by atoms with van der Waals surface area (Å²) in [6.07, 6.45) is 0.890. The Morgan fingerprint density at radius 2 is 1.71 bits per heavy atom. The molecule has 1 heterocycles. The van der Waals surface area contributed by atoms with Crippen LogP contribution in [-0.2, 0) is 11.4 Å². The van der Waals surface area contributed by atoms with Gasteiger partial charge in [0, 0.05) is 0 Å². The Labute approximate surface area is 144 Å². The predicted molar refractivity (Wildman–Crippen MR) is 89.0 cm³/mol. The van der Waals surface area contributed by atoms with E-state index in [0.29, 0.717) is 28.5 Å². The van der Waals surface area contributed by atoms with Gasteiger partial charge in [0.2, 0.25) is 0 Å². The Kier molecular flexibility index (Phi) is 4.83. The van der Waals surface area contributed by atoms with Crippen molar-refractivity contribution >= 4 is 23.4 Å². The lowest BCUT2D eigenvalue weighted by Gasteiger charge is -2.14. The minimum Gasteiger partial charge on any atom is -0.492 e. The number of carbonyl (C=O) groups is 2. The molecule has 3 rings (SSSR count). The number of benzene rings is 2. The SMILES string of the molecule is CCCOc1ccc(CON2C(=O)c3ccccc3C2=O)cc1Cl. The lowest BCUT2D eigenvalue weighted by atomic mass is 10.1. The maximum absolute atomic E-state index is 12.2. The summed E-state index contributed by atoms with van der Waals surface area (Å²) in [5.41, 5.74) is 1.44. The van der Waals surface area contributed by atoms with Gasteiger partial charge < -0.3 is 4.74 Å². The first-order chi connectivity index (χ1) is 11.6.